The number of allylic oxidation sites excluding steroid dienone is 1. The number of rotatable bonds is 4. The maximum absolute atomic E-state index is 12.0. The summed E-state index contributed by atoms with van der Waals surface area (Å²) >= 11 is 0. The first-order valence-electron chi connectivity index (χ1n) is 5.73. The molecule has 4 nitrogen and oxygen atoms in total. The Bertz CT molecular complexity index is 487. The molecule has 0 saturated carbocycles. The van der Waals surface area contributed by atoms with Crippen molar-refractivity contribution in [1.29, 1.82) is 0 Å². The molecule has 1 aromatic rings. The number of amides is 1. The Morgan fingerprint density at radius 3 is 2.06 bits per heavy atom. The van der Waals surface area contributed by atoms with Gasteiger partial charge in [-0.25, -0.2) is 0 Å². The Morgan fingerprint density at radius 1 is 1.06 bits per heavy atom. The van der Waals surface area contributed by atoms with Crippen LogP contribution in [-0.4, -0.2) is 18.7 Å². The number of carbonyl (C=O) groups excluding carboxylic acids is 2. The van der Waals surface area contributed by atoms with Crippen molar-refractivity contribution < 1.29 is 9.59 Å². The number of aryl methyl sites for hydroxylation is 1. The van der Waals surface area contributed by atoms with Gasteiger partial charge in [-0.1, -0.05) is 17.7 Å². The summed E-state index contributed by atoms with van der Waals surface area (Å²) in [5, 5.41) is 5.53. The fraction of sp³-hybridized carbons (Fsp3) is 0.286. The highest BCUT2D eigenvalue weighted by molar-refractivity contribution is 6.23. The number of benzene rings is 1. The van der Waals surface area contributed by atoms with E-state index in [1.165, 1.54) is 6.92 Å². The van der Waals surface area contributed by atoms with Crippen LogP contribution in [0.5, 0.6) is 0 Å². The van der Waals surface area contributed by atoms with Crippen LogP contribution in [0.3, 0.4) is 0 Å². The number of hydrogen-bond donors (Lipinski definition) is 2. The fourth-order valence-corrected chi connectivity index (χ4v) is 1.55. The van der Waals surface area contributed by atoms with Gasteiger partial charge in [0.1, 0.15) is 5.57 Å². The largest absolute Gasteiger partial charge is 0.391 e. The summed E-state index contributed by atoms with van der Waals surface area (Å²) in [7, 11) is 1.68. The van der Waals surface area contributed by atoms with Crippen LogP contribution in [0.25, 0.3) is 0 Å². The van der Waals surface area contributed by atoms with Crippen molar-refractivity contribution in [3.8, 4) is 0 Å². The second kappa shape index (κ2) is 6.00. The van der Waals surface area contributed by atoms with E-state index in [0.29, 0.717) is 11.4 Å². The molecule has 1 rings (SSSR count). The molecule has 0 unspecified atom stereocenters. The number of ketones is 1. The van der Waals surface area contributed by atoms with Crippen molar-refractivity contribution in [1.82, 2.24) is 5.32 Å². The van der Waals surface area contributed by atoms with Gasteiger partial charge in [-0.2, -0.15) is 0 Å². The van der Waals surface area contributed by atoms with Crippen LogP contribution < -0.4 is 10.6 Å². The normalized spacial score (nSPS) is 11.6. The summed E-state index contributed by atoms with van der Waals surface area (Å²) in [4.78, 5) is 23.5. The van der Waals surface area contributed by atoms with E-state index in [2.05, 4.69) is 10.6 Å². The zero-order valence-electron chi connectivity index (χ0n) is 11.1. The third-order valence-electron chi connectivity index (χ3n) is 2.64. The Balaban J connectivity index is 2.93. The number of carbonyl (C=O) groups is 2. The lowest BCUT2D eigenvalue weighted by Crippen LogP contribution is -2.23. The van der Waals surface area contributed by atoms with Gasteiger partial charge < -0.3 is 10.6 Å². The number of hydrogen-bond acceptors (Lipinski definition) is 3. The molecule has 4 heteroatoms. The van der Waals surface area contributed by atoms with Crippen LogP contribution in [0.15, 0.2) is 35.5 Å². The number of anilines is 1. The van der Waals surface area contributed by atoms with Gasteiger partial charge in [-0.05, 0) is 32.9 Å². The number of nitrogens with one attached hydrogen (secondary N) is 2. The van der Waals surface area contributed by atoms with Gasteiger partial charge in [-0.15, -0.1) is 0 Å². The molecule has 18 heavy (non-hydrogen) atoms. The first-order chi connectivity index (χ1) is 8.45. The molecule has 0 bridgehead atoms. The SMILES string of the molecule is CNC(C)=C(C(C)=O)C(=O)Nc1ccc(C)cc1. The van der Waals surface area contributed by atoms with E-state index in [1.54, 1.807) is 26.1 Å². The maximum atomic E-state index is 12.0. The second-order valence-corrected chi connectivity index (χ2v) is 4.13. The molecule has 0 fully saturated rings. The highest BCUT2D eigenvalue weighted by Gasteiger charge is 2.17. The molecule has 96 valence electrons. The topological polar surface area (TPSA) is 58.2 Å². The van der Waals surface area contributed by atoms with Gasteiger partial charge in [0.25, 0.3) is 5.91 Å². The lowest BCUT2D eigenvalue weighted by molar-refractivity contribution is -0.119. The Hall–Kier alpha value is -2.10. The predicted octanol–water partition coefficient (Wildman–Crippen LogP) is 2.02. The van der Waals surface area contributed by atoms with E-state index >= 15 is 0 Å². The van der Waals surface area contributed by atoms with Gasteiger partial charge >= 0.3 is 0 Å². The van der Waals surface area contributed by atoms with Gasteiger partial charge in [0.15, 0.2) is 5.78 Å². The lowest BCUT2D eigenvalue weighted by atomic mass is 10.1. The van der Waals surface area contributed by atoms with Gasteiger partial charge in [0.2, 0.25) is 0 Å². The number of Topliss-reactive ketones (excluding diaryl/α,β-unsaturated/α-hetero) is 1. The van der Waals surface area contributed by atoms with Gasteiger partial charge in [-0.3, -0.25) is 9.59 Å². The Kier molecular flexibility index (Phi) is 4.66. The molecule has 0 heterocycles. The third kappa shape index (κ3) is 3.45. The Morgan fingerprint density at radius 2 is 1.61 bits per heavy atom. The molecule has 0 atom stereocenters. The minimum absolute atomic E-state index is 0.151. The van der Waals surface area contributed by atoms with E-state index in [-0.39, 0.29) is 11.4 Å². The Labute approximate surface area is 107 Å². The molecule has 1 aromatic carbocycles. The maximum Gasteiger partial charge on any atom is 0.261 e. The van der Waals surface area contributed by atoms with Crippen LogP contribution in [-0.2, 0) is 9.59 Å². The minimum atomic E-state index is -0.391. The van der Waals surface area contributed by atoms with E-state index < -0.39 is 5.91 Å². The van der Waals surface area contributed by atoms with E-state index in [9.17, 15) is 9.59 Å². The van der Waals surface area contributed by atoms with Crippen molar-refractivity contribution in [2.75, 3.05) is 12.4 Å². The van der Waals surface area contributed by atoms with E-state index in [1.807, 2.05) is 19.1 Å². The molecule has 0 aliphatic carbocycles. The van der Waals surface area contributed by atoms with Crippen molar-refractivity contribution in [2.24, 2.45) is 0 Å². The fourth-order valence-electron chi connectivity index (χ4n) is 1.55. The van der Waals surface area contributed by atoms with Crippen molar-refractivity contribution in [3.05, 3.63) is 41.1 Å². The average Bonchev–Trinajstić information content (AvgIpc) is 2.31. The summed E-state index contributed by atoms with van der Waals surface area (Å²) in [6.07, 6.45) is 0. The van der Waals surface area contributed by atoms with E-state index in [4.69, 9.17) is 0 Å². The highest BCUT2D eigenvalue weighted by atomic mass is 16.2. The smallest absolute Gasteiger partial charge is 0.261 e. The predicted molar refractivity (Wildman–Crippen MR) is 72.2 cm³/mol. The highest BCUT2D eigenvalue weighted by Crippen LogP contribution is 2.12. The zero-order valence-corrected chi connectivity index (χ0v) is 11.1. The molecule has 0 aromatic heterocycles. The van der Waals surface area contributed by atoms with Gasteiger partial charge in [0, 0.05) is 18.4 Å². The van der Waals surface area contributed by atoms with Gasteiger partial charge in [0.05, 0.1) is 0 Å². The van der Waals surface area contributed by atoms with Crippen LogP contribution in [0.1, 0.15) is 19.4 Å². The van der Waals surface area contributed by atoms with E-state index in [0.717, 1.165) is 5.56 Å². The zero-order chi connectivity index (χ0) is 13.7. The average molecular weight is 246 g/mol. The molecule has 0 aliphatic heterocycles. The summed E-state index contributed by atoms with van der Waals surface area (Å²) in [6, 6.07) is 7.41. The van der Waals surface area contributed by atoms with Crippen LogP contribution in [0, 0.1) is 6.92 Å². The van der Waals surface area contributed by atoms with Crippen molar-refractivity contribution in [3.63, 3.8) is 0 Å². The summed E-state index contributed by atoms with van der Waals surface area (Å²) in [6.45, 7) is 5.05. The monoisotopic (exact) mass is 246 g/mol. The van der Waals surface area contributed by atoms with Crippen LogP contribution in [0.4, 0.5) is 5.69 Å². The standard InChI is InChI=1S/C14H18N2O2/c1-9-5-7-12(8-6-9)16-14(18)13(11(3)17)10(2)15-4/h5-8,15H,1-4H3,(H,16,18). The molecule has 2 N–H and O–H groups in total. The summed E-state index contributed by atoms with van der Waals surface area (Å²) in [5.41, 5.74) is 2.50. The third-order valence-corrected chi connectivity index (χ3v) is 2.64. The first kappa shape index (κ1) is 14.0. The van der Waals surface area contributed by atoms with Crippen LogP contribution in [0.2, 0.25) is 0 Å². The van der Waals surface area contributed by atoms with Crippen molar-refractivity contribution in [2.45, 2.75) is 20.8 Å². The van der Waals surface area contributed by atoms with Crippen LogP contribution >= 0.6 is 0 Å². The molecule has 0 radical (unpaired) electrons. The molecule has 0 spiro atoms. The molecule has 1 amide bonds. The second-order valence-electron chi connectivity index (χ2n) is 4.13. The molecular formula is C14H18N2O2. The summed E-state index contributed by atoms with van der Waals surface area (Å²) in [5.74, 6) is -0.648. The molecular weight excluding hydrogens is 228 g/mol. The lowest BCUT2D eigenvalue weighted by Gasteiger charge is -2.10. The van der Waals surface area contributed by atoms with Crippen molar-refractivity contribution >= 4 is 17.4 Å². The first-order valence-corrected chi connectivity index (χ1v) is 5.73. The quantitative estimate of drug-likeness (QED) is 0.485. The molecule has 0 saturated heterocycles. The molecule has 0 aliphatic rings. The minimum Gasteiger partial charge on any atom is -0.391 e. The summed E-state index contributed by atoms with van der Waals surface area (Å²) < 4.78 is 0.